The lowest BCUT2D eigenvalue weighted by Gasteiger charge is -2.12. The van der Waals surface area contributed by atoms with E-state index < -0.39 is 29.8 Å². The first-order chi connectivity index (χ1) is 9.92. The molecule has 0 saturated heterocycles. The fourth-order valence-electron chi connectivity index (χ4n) is 1.71. The summed E-state index contributed by atoms with van der Waals surface area (Å²) in [5.74, 6) is 2.79. The number of anilines is 1. The van der Waals surface area contributed by atoms with Crippen LogP contribution in [0.1, 0.15) is 10.4 Å². The minimum absolute atomic E-state index is 0.0731. The van der Waals surface area contributed by atoms with Crippen molar-refractivity contribution >= 4 is 35.4 Å². The van der Waals surface area contributed by atoms with Gasteiger partial charge in [0, 0.05) is 10.6 Å². The predicted molar refractivity (Wildman–Crippen MR) is 71.9 cm³/mol. The number of benzene rings is 1. The molecule has 0 radical (unpaired) electrons. The molecule has 1 aromatic rings. The van der Waals surface area contributed by atoms with Crippen molar-refractivity contribution < 1.29 is 23.5 Å². The quantitative estimate of drug-likeness (QED) is 0.343. The van der Waals surface area contributed by atoms with Crippen molar-refractivity contribution in [1.29, 1.82) is 0 Å². The third kappa shape index (κ3) is 3.23. The minimum atomic E-state index is -1.10. The Bertz CT molecular complexity index is 624. The van der Waals surface area contributed by atoms with Gasteiger partial charge in [0.25, 0.3) is 11.8 Å². The van der Waals surface area contributed by atoms with Gasteiger partial charge in [0.15, 0.2) is 6.10 Å². The minimum Gasteiger partial charge on any atom is -0.435 e. The van der Waals surface area contributed by atoms with Gasteiger partial charge in [-0.05, 0) is 12.1 Å². The van der Waals surface area contributed by atoms with E-state index in [0.717, 1.165) is 23.9 Å². The molecule has 0 aromatic heterocycles. The van der Waals surface area contributed by atoms with E-state index in [1.165, 1.54) is 0 Å². The summed E-state index contributed by atoms with van der Waals surface area (Å²) >= 11 is 1.09. The van der Waals surface area contributed by atoms with Gasteiger partial charge in [0.05, 0.1) is 11.3 Å². The fraction of sp³-hybridized carbons (Fsp3) is 0.182. The number of carbonyl (C=O) groups is 3. The van der Waals surface area contributed by atoms with Gasteiger partial charge >= 0.3 is 6.09 Å². The molecule has 112 valence electrons. The Morgan fingerprint density at radius 3 is 2.81 bits per heavy atom. The number of hydrazine groups is 1. The lowest BCUT2D eigenvalue weighted by molar-refractivity contribution is -0.123. The Labute approximate surface area is 122 Å². The number of nitrogen functional groups attached to an aromatic ring is 1. The van der Waals surface area contributed by atoms with E-state index in [1.54, 1.807) is 5.43 Å². The molecule has 8 nitrogen and oxygen atoms in total. The van der Waals surface area contributed by atoms with E-state index in [2.05, 4.69) is 10.1 Å². The van der Waals surface area contributed by atoms with Crippen molar-refractivity contribution in [2.75, 3.05) is 11.1 Å². The molecule has 0 saturated carbocycles. The van der Waals surface area contributed by atoms with E-state index in [9.17, 15) is 18.8 Å². The molecule has 3 amide bonds. The van der Waals surface area contributed by atoms with Crippen LogP contribution in [0.4, 0.5) is 14.9 Å². The van der Waals surface area contributed by atoms with Crippen LogP contribution in [0.15, 0.2) is 17.0 Å². The number of nitrogens with one attached hydrogen (secondary N) is 2. The Hall–Kier alpha value is -2.33. The van der Waals surface area contributed by atoms with E-state index in [-0.39, 0.29) is 17.0 Å². The summed E-state index contributed by atoms with van der Waals surface area (Å²) in [7, 11) is 0. The topological polar surface area (TPSA) is 137 Å². The summed E-state index contributed by atoms with van der Waals surface area (Å²) in [6.45, 7) is 0. The maximum Gasteiger partial charge on any atom is 0.405 e. The van der Waals surface area contributed by atoms with Crippen LogP contribution >= 0.6 is 11.8 Å². The van der Waals surface area contributed by atoms with Crippen LogP contribution in [-0.2, 0) is 9.53 Å². The molecule has 0 aliphatic carbocycles. The van der Waals surface area contributed by atoms with Crippen LogP contribution in [0.2, 0.25) is 0 Å². The molecule has 1 aliphatic heterocycles. The predicted octanol–water partition coefficient (Wildman–Crippen LogP) is -0.0627. The molecule has 10 heteroatoms. The third-order valence-electron chi connectivity index (χ3n) is 2.64. The van der Waals surface area contributed by atoms with Crippen LogP contribution in [0.25, 0.3) is 0 Å². The SMILES string of the molecule is NNC(=O)c1cc2c(cc1F)SC[C@H](OC(N)=O)C(=O)N2. The maximum absolute atomic E-state index is 13.8. The van der Waals surface area contributed by atoms with Crippen molar-refractivity contribution in [2.24, 2.45) is 11.6 Å². The van der Waals surface area contributed by atoms with E-state index in [4.69, 9.17) is 11.6 Å². The zero-order valence-corrected chi connectivity index (χ0v) is 11.3. The second kappa shape index (κ2) is 5.97. The van der Waals surface area contributed by atoms with Gasteiger partial charge in [-0.3, -0.25) is 15.0 Å². The Balaban J connectivity index is 2.33. The molecule has 21 heavy (non-hydrogen) atoms. The summed E-state index contributed by atoms with van der Waals surface area (Å²) in [5.41, 5.74) is 6.59. The average molecular weight is 314 g/mol. The van der Waals surface area contributed by atoms with Crippen LogP contribution < -0.4 is 22.3 Å². The number of fused-ring (bicyclic) bond motifs is 1. The number of amides is 3. The molecule has 1 atom stereocenters. The maximum atomic E-state index is 13.8. The van der Waals surface area contributed by atoms with Crippen LogP contribution in [0.3, 0.4) is 0 Å². The number of rotatable bonds is 2. The number of carbonyl (C=O) groups excluding carboxylic acids is 3. The number of halogens is 1. The number of thioether (sulfide) groups is 1. The van der Waals surface area contributed by atoms with Gasteiger partial charge in [0.1, 0.15) is 5.82 Å². The Morgan fingerprint density at radius 2 is 2.19 bits per heavy atom. The van der Waals surface area contributed by atoms with E-state index in [0.29, 0.717) is 4.90 Å². The smallest absolute Gasteiger partial charge is 0.405 e. The van der Waals surface area contributed by atoms with Crippen LogP contribution in [-0.4, -0.2) is 29.8 Å². The monoisotopic (exact) mass is 314 g/mol. The number of ether oxygens (including phenoxy) is 1. The summed E-state index contributed by atoms with van der Waals surface area (Å²) in [6, 6.07) is 2.25. The van der Waals surface area contributed by atoms with Gasteiger partial charge in [-0.25, -0.2) is 15.0 Å². The van der Waals surface area contributed by atoms with Crippen molar-refractivity contribution in [3.8, 4) is 0 Å². The second-order valence-electron chi connectivity index (χ2n) is 4.03. The molecule has 1 heterocycles. The summed E-state index contributed by atoms with van der Waals surface area (Å²) < 4.78 is 18.5. The first-order valence-corrected chi connectivity index (χ1v) is 6.65. The normalized spacial score (nSPS) is 17.2. The summed E-state index contributed by atoms with van der Waals surface area (Å²) in [5, 5.41) is 2.44. The Morgan fingerprint density at radius 1 is 1.48 bits per heavy atom. The highest BCUT2D eigenvalue weighted by atomic mass is 32.2. The van der Waals surface area contributed by atoms with Crippen LogP contribution in [0.5, 0.6) is 0 Å². The molecule has 0 fully saturated rings. The van der Waals surface area contributed by atoms with E-state index >= 15 is 0 Å². The molecule has 2 rings (SSSR count). The number of hydrogen-bond acceptors (Lipinski definition) is 6. The second-order valence-corrected chi connectivity index (χ2v) is 5.09. The van der Waals surface area contributed by atoms with E-state index in [1.807, 2.05) is 0 Å². The zero-order chi connectivity index (χ0) is 15.6. The van der Waals surface area contributed by atoms with Gasteiger partial charge < -0.3 is 15.8 Å². The molecule has 0 spiro atoms. The fourth-order valence-corrected chi connectivity index (χ4v) is 2.71. The number of nitrogens with two attached hydrogens (primary N) is 2. The summed E-state index contributed by atoms with van der Waals surface area (Å²) in [6.07, 6.45) is -2.19. The summed E-state index contributed by atoms with van der Waals surface area (Å²) in [4.78, 5) is 34.4. The highest BCUT2D eigenvalue weighted by Gasteiger charge is 2.28. The van der Waals surface area contributed by atoms with Crippen molar-refractivity contribution in [3.63, 3.8) is 0 Å². The standard InChI is InChI=1S/C11H11FN4O4S/c12-5-2-8-6(1-4(5)9(17)16-14)15-10(18)7(3-21-8)20-11(13)19/h1-2,7H,3,14H2,(H2,13,19)(H,15,18)(H,16,17)/t7-/m0/s1. The number of hydrogen-bond donors (Lipinski definition) is 4. The van der Waals surface area contributed by atoms with Gasteiger partial charge in [-0.2, -0.15) is 0 Å². The zero-order valence-electron chi connectivity index (χ0n) is 10.5. The largest absolute Gasteiger partial charge is 0.435 e. The molecule has 0 bridgehead atoms. The molecular formula is C11H11FN4O4S. The molecule has 6 N–H and O–H groups in total. The van der Waals surface area contributed by atoms with Crippen molar-refractivity contribution in [3.05, 3.63) is 23.5 Å². The lowest BCUT2D eigenvalue weighted by Crippen LogP contribution is -2.35. The lowest BCUT2D eigenvalue weighted by atomic mass is 10.1. The highest BCUT2D eigenvalue weighted by molar-refractivity contribution is 7.99. The van der Waals surface area contributed by atoms with Gasteiger partial charge in [0.2, 0.25) is 0 Å². The van der Waals surface area contributed by atoms with Crippen molar-refractivity contribution in [2.45, 2.75) is 11.0 Å². The molecule has 1 aliphatic rings. The average Bonchev–Trinajstić information content (AvgIpc) is 2.57. The highest BCUT2D eigenvalue weighted by Crippen LogP contribution is 2.33. The first-order valence-electron chi connectivity index (χ1n) is 5.66. The molecule has 1 aromatic carbocycles. The third-order valence-corrected chi connectivity index (χ3v) is 3.76. The molecule has 0 unspecified atom stereocenters. The Kier molecular flexibility index (Phi) is 4.29. The first kappa shape index (κ1) is 15.1. The van der Waals surface area contributed by atoms with Crippen molar-refractivity contribution in [1.82, 2.24) is 5.43 Å². The van der Waals surface area contributed by atoms with Crippen LogP contribution in [0, 0.1) is 5.82 Å². The number of primary amides is 1. The van der Waals surface area contributed by atoms with Gasteiger partial charge in [-0.15, -0.1) is 11.8 Å². The molecular weight excluding hydrogens is 303 g/mol. The van der Waals surface area contributed by atoms with Gasteiger partial charge in [-0.1, -0.05) is 0 Å².